The Labute approximate surface area is 249 Å². The van der Waals surface area contributed by atoms with Gasteiger partial charge in [0.1, 0.15) is 30.7 Å². The highest BCUT2D eigenvalue weighted by Gasteiger charge is 2.32. The molecule has 3 aromatic carbocycles. The molecule has 0 unspecified atom stereocenters. The molecule has 0 fully saturated rings. The lowest BCUT2D eigenvalue weighted by Crippen LogP contribution is -2.53. The largest absolute Gasteiger partial charge is 0.497 e. The van der Waals surface area contributed by atoms with Gasteiger partial charge in [-0.1, -0.05) is 56.3 Å². The van der Waals surface area contributed by atoms with E-state index in [9.17, 15) is 18.0 Å². The molecule has 2 atom stereocenters. The van der Waals surface area contributed by atoms with Crippen molar-refractivity contribution in [1.82, 2.24) is 10.2 Å². The molecule has 0 aliphatic heterocycles. The number of carbonyl (C=O) groups excluding carboxylic acids is 2. The Bertz CT molecular complexity index is 1410. The van der Waals surface area contributed by atoms with E-state index in [0.717, 1.165) is 28.1 Å². The number of nitrogens with one attached hydrogen (secondary N) is 1. The van der Waals surface area contributed by atoms with Gasteiger partial charge in [0.2, 0.25) is 21.8 Å². The summed E-state index contributed by atoms with van der Waals surface area (Å²) in [5, 5.41) is 2.97. The number of hydrogen-bond donors (Lipinski definition) is 1. The van der Waals surface area contributed by atoms with Crippen molar-refractivity contribution in [3.63, 3.8) is 0 Å². The van der Waals surface area contributed by atoms with E-state index in [1.807, 2.05) is 57.2 Å². The van der Waals surface area contributed by atoms with Gasteiger partial charge in [-0.05, 0) is 67.3 Å². The number of amides is 2. The fourth-order valence-corrected chi connectivity index (χ4v) is 5.24. The molecule has 0 heterocycles. The molecule has 0 aliphatic rings. The van der Waals surface area contributed by atoms with E-state index >= 15 is 0 Å². The first kappa shape index (κ1) is 32.5. The monoisotopic (exact) mass is 595 g/mol. The molecule has 0 aliphatic carbocycles. The molecule has 0 aromatic heterocycles. The molecular weight excluding hydrogens is 554 g/mol. The van der Waals surface area contributed by atoms with E-state index in [4.69, 9.17) is 9.47 Å². The molecule has 2 amide bonds. The zero-order chi connectivity index (χ0) is 30.7. The summed E-state index contributed by atoms with van der Waals surface area (Å²) in [4.78, 5) is 28.6. The van der Waals surface area contributed by atoms with Crippen molar-refractivity contribution in [3.8, 4) is 11.5 Å². The summed E-state index contributed by atoms with van der Waals surface area (Å²) in [6, 6.07) is 22.6. The van der Waals surface area contributed by atoms with Crippen LogP contribution in [0.1, 0.15) is 44.7 Å². The lowest BCUT2D eigenvalue weighted by molar-refractivity contribution is -0.140. The van der Waals surface area contributed by atoms with Crippen molar-refractivity contribution in [2.75, 3.05) is 24.2 Å². The van der Waals surface area contributed by atoms with Gasteiger partial charge in [-0.15, -0.1) is 0 Å². The standard InChI is InChI=1S/C32H41N3O6S/c1-6-24(3)33-32(37)30(7-2)34(21-26-14-11-15-29(20-26)40-4)31(36)22-35(42(5,38)39)27-16-18-28(19-17-27)41-23-25-12-9-8-10-13-25/h8-20,24,30H,6-7,21-23H2,1-5H3,(H,33,37)/t24-,30+/m0/s1. The third kappa shape index (κ3) is 9.24. The first-order chi connectivity index (χ1) is 20.0. The third-order valence-corrected chi connectivity index (χ3v) is 8.07. The predicted molar refractivity (Wildman–Crippen MR) is 165 cm³/mol. The Morgan fingerprint density at radius 2 is 1.55 bits per heavy atom. The SMILES string of the molecule is CC[C@H](C(=O)N[C@@H](C)CC)N(Cc1cccc(OC)c1)C(=O)CN(c1ccc(OCc2ccccc2)cc1)S(C)(=O)=O. The Morgan fingerprint density at radius 3 is 2.14 bits per heavy atom. The summed E-state index contributed by atoms with van der Waals surface area (Å²) in [6.45, 7) is 5.69. The molecule has 42 heavy (non-hydrogen) atoms. The van der Waals surface area contributed by atoms with E-state index in [1.165, 1.54) is 4.90 Å². The maximum absolute atomic E-state index is 13.9. The summed E-state index contributed by atoms with van der Waals surface area (Å²) in [7, 11) is -2.30. The molecule has 0 saturated carbocycles. The van der Waals surface area contributed by atoms with Gasteiger partial charge in [-0.3, -0.25) is 13.9 Å². The van der Waals surface area contributed by atoms with Gasteiger partial charge >= 0.3 is 0 Å². The fourth-order valence-electron chi connectivity index (χ4n) is 4.39. The zero-order valence-electron chi connectivity index (χ0n) is 24.9. The zero-order valence-corrected chi connectivity index (χ0v) is 25.8. The number of methoxy groups -OCH3 is 1. The number of ether oxygens (including phenoxy) is 2. The Hall–Kier alpha value is -4.05. The highest BCUT2D eigenvalue weighted by Crippen LogP contribution is 2.24. The number of carbonyl (C=O) groups is 2. The molecule has 0 bridgehead atoms. The molecule has 9 nitrogen and oxygen atoms in total. The number of anilines is 1. The van der Waals surface area contributed by atoms with Crippen LogP contribution in [-0.2, 0) is 32.8 Å². The van der Waals surface area contributed by atoms with Crippen molar-refractivity contribution in [2.45, 2.75) is 58.8 Å². The molecular formula is C32H41N3O6S. The van der Waals surface area contributed by atoms with Crippen LogP contribution < -0.4 is 19.1 Å². The summed E-state index contributed by atoms with van der Waals surface area (Å²) in [5.74, 6) is 0.395. The lowest BCUT2D eigenvalue weighted by Gasteiger charge is -2.33. The minimum absolute atomic E-state index is 0.0736. The topological polar surface area (TPSA) is 105 Å². The van der Waals surface area contributed by atoms with E-state index < -0.39 is 28.5 Å². The molecule has 226 valence electrons. The summed E-state index contributed by atoms with van der Waals surface area (Å²) >= 11 is 0. The molecule has 3 aromatic rings. The quantitative estimate of drug-likeness (QED) is 0.272. The molecule has 1 N–H and O–H groups in total. The first-order valence-electron chi connectivity index (χ1n) is 14.0. The number of nitrogens with zero attached hydrogens (tertiary/aromatic N) is 2. The molecule has 3 rings (SSSR count). The smallest absolute Gasteiger partial charge is 0.244 e. The Kier molecular flexibility index (Phi) is 11.8. The van der Waals surface area contributed by atoms with Gasteiger partial charge in [0.15, 0.2) is 0 Å². The van der Waals surface area contributed by atoms with Crippen LogP contribution in [0.25, 0.3) is 0 Å². The van der Waals surface area contributed by atoms with Crippen molar-refractivity contribution in [2.24, 2.45) is 0 Å². The average Bonchev–Trinajstić information content (AvgIpc) is 2.98. The van der Waals surface area contributed by atoms with Crippen LogP contribution in [0.2, 0.25) is 0 Å². The van der Waals surface area contributed by atoms with Crippen LogP contribution in [-0.4, -0.2) is 57.1 Å². The van der Waals surface area contributed by atoms with Gasteiger partial charge in [-0.2, -0.15) is 0 Å². The van der Waals surface area contributed by atoms with E-state index in [0.29, 0.717) is 30.2 Å². The van der Waals surface area contributed by atoms with E-state index in [1.54, 1.807) is 49.6 Å². The normalized spacial score (nSPS) is 12.6. The van der Waals surface area contributed by atoms with Crippen molar-refractivity contribution in [3.05, 3.63) is 90.0 Å². The summed E-state index contributed by atoms with van der Waals surface area (Å²) in [6.07, 6.45) is 2.14. The third-order valence-electron chi connectivity index (χ3n) is 6.93. The first-order valence-corrected chi connectivity index (χ1v) is 15.9. The minimum atomic E-state index is -3.85. The average molecular weight is 596 g/mol. The maximum Gasteiger partial charge on any atom is 0.244 e. The van der Waals surface area contributed by atoms with Crippen LogP contribution in [0.4, 0.5) is 5.69 Å². The van der Waals surface area contributed by atoms with Crippen LogP contribution in [0.3, 0.4) is 0 Å². The van der Waals surface area contributed by atoms with Crippen LogP contribution in [0, 0.1) is 0 Å². The molecule has 10 heteroatoms. The second-order valence-electron chi connectivity index (χ2n) is 10.2. The van der Waals surface area contributed by atoms with Crippen molar-refractivity contribution in [1.29, 1.82) is 0 Å². The minimum Gasteiger partial charge on any atom is -0.497 e. The van der Waals surface area contributed by atoms with Gasteiger partial charge < -0.3 is 19.7 Å². The fraction of sp³-hybridized carbons (Fsp3) is 0.375. The van der Waals surface area contributed by atoms with Crippen LogP contribution in [0.5, 0.6) is 11.5 Å². The van der Waals surface area contributed by atoms with Crippen molar-refractivity contribution >= 4 is 27.5 Å². The number of sulfonamides is 1. The Balaban J connectivity index is 1.87. The van der Waals surface area contributed by atoms with Crippen molar-refractivity contribution < 1.29 is 27.5 Å². The van der Waals surface area contributed by atoms with Gasteiger partial charge in [-0.25, -0.2) is 8.42 Å². The molecule has 0 radical (unpaired) electrons. The van der Waals surface area contributed by atoms with E-state index in [2.05, 4.69) is 5.32 Å². The second kappa shape index (κ2) is 15.3. The van der Waals surface area contributed by atoms with Crippen LogP contribution >= 0.6 is 0 Å². The number of rotatable bonds is 15. The van der Waals surface area contributed by atoms with E-state index in [-0.39, 0.29) is 18.5 Å². The summed E-state index contributed by atoms with van der Waals surface area (Å²) in [5.41, 5.74) is 2.07. The number of benzene rings is 3. The van der Waals surface area contributed by atoms with Gasteiger partial charge in [0.25, 0.3) is 0 Å². The molecule has 0 saturated heterocycles. The van der Waals surface area contributed by atoms with Crippen LogP contribution in [0.15, 0.2) is 78.9 Å². The van der Waals surface area contributed by atoms with Gasteiger partial charge in [0, 0.05) is 12.6 Å². The highest BCUT2D eigenvalue weighted by atomic mass is 32.2. The molecule has 0 spiro atoms. The Morgan fingerprint density at radius 1 is 0.881 bits per heavy atom. The predicted octanol–water partition coefficient (Wildman–Crippen LogP) is 4.76. The highest BCUT2D eigenvalue weighted by molar-refractivity contribution is 7.92. The van der Waals surface area contributed by atoms with Gasteiger partial charge in [0.05, 0.1) is 19.1 Å². The lowest BCUT2D eigenvalue weighted by atomic mass is 10.1. The number of hydrogen-bond acceptors (Lipinski definition) is 6. The maximum atomic E-state index is 13.9. The summed E-state index contributed by atoms with van der Waals surface area (Å²) < 4.78 is 38.0. The second-order valence-corrected chi connectivity index (χ2v) is 12.1.